The predicted molar refractivity (Wildman–Crippen MR) is 39.1 cm³/mol. The molecule has 78 valence electrons. The van der Waals surface area contributed by atoms with E-state index >= 15 is 0 Å². The Bertz CT molecular complexity index is 312. The van der Waals surface area contributed by atoms with Crippen molar-refractivity contribution < 1.29 is 27.9 Å². The van der Waals surface area contributed by atoms with Crippen LogP contribution in [0, 0.1) is 0 Å². The fourth-order valence-corrected chi connectivity index (χ4v) is 0.730. The van der Waals surface area contributed by atoms with Crippen LogP contribution in [0.2, 0.25) is 0 Å². The Kier molecular flexibility index (Phi) is 3.52. The topological polar surface area (TPSA) is 72.6 Å². The van der Waals surface area contributed by atoms with Crippen molar-refractivity contribution in [2.75, 3.05) is 6.61 Å². The summed E-state index contributed by atoms with van der Waals surface area (Å²) in [4.78, 5) is 10.3. The van der Waals surface area contributed by atoms with Crippen molar-refractivity contribution in [1.82, 2.24) is 5.16 Å². The number of rotatable bonds is 5. The van der Waals surface area contributed by atoms with E-state index in [4.69, 9.17) is 5.11 Å². The molecule has 1 rings (SSSR count). The number of alkyl halides is 2. The minimum atomic E-state index is -2.56. The van der Waals surface area contributed by atoms with Gasteiger partial charge in [-0.2, -0.15) is 0 Å². The van der Waals surface area contributed by atoms with Crippen LogP contribution in [0.3, 0.4) is 0 Å². The molecule has 0 aliphatic heterocycles. The molecule has 1 aromatic rings. The lowest BCUT2D eigenvalue weighted by Crippen LogP contribution is -2.03. The van der Waals surface area contributed by atoms with Crippen molar-refractivity contribution in [2.45, 2.75) is 13.0 Å². The molecule has 0 spiro atoms. The molecule has 5 nitrogen and oxygen atoms in total. The summed E-state index contributed by atoms with van der Waals surface area (Å²) in [6.45, 7) is -0.937. The number of halogens is 2. The van der Waals surface area contributed by atoms with E-state index in [2.05, 4.69) is 14.4 Å². The minimum absolute atomic E-state index is 0.100. The zero-order valence-corrected chi connectivity index (χ0v) is 6.94. The molecule has 0 bridgehead atoms. The summed E-state index contributed by atoms with van der Waals surface area (Å²) >= 11 is 0. The summed E-state index contributed by atoms with van der Waals surface area (Å²) in [7, 11) is 0. The summed E-state index contributed by atoms with van der Waals surface area (Å²) in [6.07, 6.45) is -2.56. The molecule has 0 amide bonds. The average Bonchev–Trinajstić information content (AvgIpc) is 2.52. The van der Waals surface area contributed by atoms with Gasteiger partial charge in [0.2, 0.25) is 0 Å². The van der Waals surface area contributed by atoms with E-state index in [-0.39, 0.29) is 18.1 Å². The third-order valence-electron chi connectivity index (χ3n) is 1.27. The van der Waals surface area contributed by atoms with Gasteiger partial charge in [-0.3, -0.25) is 0 Å². The maximum Gasteiger partial charge on any atom is 0.358 e. The van der Waals surface area contributed by atoms with E-state index in [0.29, 0.717) is 0 Å². The molecular formula is C7H7F2NO4. The van der Waals surface area contributed by atoms with Crippen LogP contribution >= 0.6 is 0 Å². The maximum atomic E-state index is 11.6. The Labute approximate surface area is 77.3 Å². The number of carbonyl (C=O) groups is 1. The van der Waals surface area contributed by atoms with E-state index in [1.165, 1.54) is 0 Å². The van der Waals surface area contributed by atoms with Gasteiger partial charge in [-0.25, -0.2) is 13.6 Å². The molecule has 0 aromatic carbocycles. The maximum absolute atomic E-state index is 11.6. The first-order valence-corrected chi connectivity index (χ1v) is 3.64. The minimum Gasteiger partial charge on any atom is -0.476 e. The number of aromatic nitrogens is 1. The highest BCUT2D eigenvalue weighted by molar-refractivity contribution is 5.85. The van der Waals surface area contributed by atoms with Crippen molar-refractivity contribution in [3.8, 4) is 0 Å². The van der Waals surface area contributed by atoms with Gasteiger partial charge in [0, 0.05) is 6.07 Å². The summed E-state index contributed by atoms with van der Waals surface area (Å²) in [6, 6.07) is 1.12. The number of nitrogens with zero attached hydrogens (tertiary/aromatic N) is 1. The van der Waals surface area contributed by atoms with E-state index in [1.54, 1.807) is 0 Å². The van der Waals surface area contributed by atoms with Crippen molar-refractivity contribution in [1.29, 1.82) is 0 Å². The second kappa shape index (κ2) is 4.66. The molecule has 1 N–H and O–H groups in total. The Morgan fingerprint density at radius 1 is 1.71 bits per heavy atom. The van der Waals surface area contributed by atoms with Gasteiger partial charge in [-0.15, -0.1) is 0 Å². The molecule has 1 aromatic heterocycles. The normalized spacial score (nSPS) is 10.8. The van der Waals surface area contributed by atoms with Gasteiger partial charge in [-0.05, 0) is 0 Å². The van der Waals surface area contributed by atoms with Crippen LogP contribution in [0.15, 0.2) is 10.6 Å². The van der Waals surface area contributed by atoms with Crippen molar-refractivity contribution in [3.63, 3.8) is 0 Å². The Morgan fingerprint density at radius 3 is 2.93 bits per heavy atom. The second-order valence-corrected chi connectivity index (χ2v) is 2.39. The van der Waals surface area contributed by atoms with Gasteiger partial charge in [-0.1, -0.05) is 5.16 Å². The predicted octanol–water partition coefficient (Wildman–Crippen LogP) is 1.15. The van der Waals surface area contributed by atoms with Crippen LogP contribution < -0.4 is 0 Å². The molecule has 0 saturated carbocycles. The third kappa shape index (κ3) is 3.09. The molecule has 0 unspecified atom stereocenters. The number of carboxylic acids is 1. The summed E-state index contributed by atoms with van der Waals surface area (Å²) in [5.41, 5.74) is -0.277. The molecule has 0 saturated heterocycles. The summed E-state index contributed by atoms with van der Waals surface area (Å²) in [5.74, 6) is -1.14. The second-order valence-electron chi connectivity index (χ2n) is 2.39. The molecule has 14 heavy (non-hydrogen) atoms. The van der Waals surface area contributed by atoms with Crippen LogP contribution in [0.25, 0.3) is 0 Å². The van der Waals surface area contributed by atoms with Crippen LogP contribution in [-0.4, -0.2) is 29.3 Å². The van der Waals surface area contributed by atoms with Crippen molar-refractivity contribution in [2.24, 2.45) is 0 Å². The van der Waals surface area contributed by atoms with Gasteiger partial charge in [0.1, 0.15) is 13.2 Å². The monoisotopic (exact) mass is 207 g/mol. The molecule has 0 aliphatic carbocycles. The first kappa shape index (κ1) is 10.6. The largest absolute Gasteiger partial charge is 0.476 e. The first-order chi connectivity index (χ1) is 6.59. The van der Waals surface area contributed by atoms with Gasteiger partial charge < -0.3 is 14.4 Å². The Hall–Kier alpha value is -1.50. The van der Waals surface area contributed by atoms with E-state index < -0.39 is 19.0 Å². The molecule has 0 aliphatic rings. The summed E-state index contributed by atoms with van der Waals surface area (Å²) < 4.78 is 32.2. The standard InChI is InChI=1S/C7H7F2NO4/c8-6(9)3-13-2-4-1-5(7(11)12)10-14-4/h1,6H,2-3H2,(H,11,12). The van der Waals surface area contributed by atoms with Gasteiger partial charge in [0.05, 0.1) is 0 Å². The fourth-order valence-electron chi connectivity index (χ4n) is 0.730. The van der Waals surface area contributed by atoms with Crippen LogP contribution in [0.1, 0.15) is 16.2 Å². The van der Waals surface area contributed by atoms with E-state index in [9.17, 15) is 13.6 Å². The molecule has 1 heterocycles. The molecular weight excluding hydrogens is 200 g/mol. The lowest BCUT2D eigenvalue weighted by Gasteiger charge is -1.98. The number of carboxylic acid groups (broad SMARTS) is 1. The van der Waals surface area contributed by atoms with Gasteiger partial charge >= 0.3 is 5.97 Å². The zero-order valence-electron chi connectivity index (χ0n) is 6.94. The lowest BCUT2D eigenvalue weighted by molar-refractivity contribution is 0.00311. The van der Waals surface area contributed by atoms with Crippen LogP contribution in [0.5, 0.6) is 0 Å². The Balaban J connectivity index is 2.40. The van der Waals surface area contributed by atoms with E-state index in [1.807, 2.05) is 0 Å². The summed E-state index contributed by atoms with van der Waals surface area (Å²) in [5, 5.41) is 11.6. The molecule has 7 heteroatoms. The van der Waals surface area contributed by atoms with Gasteiger partial charge in [0.15, 0.2) is 11.5 Å². The van der Waals surface area contributed by atoms with Crippen molar-refractivity contribution in [3.05, 3.63) is 17.5 Å². The smallest absolute Gasteiger partial charge is 0.358 e. The number of aromatic carboxylic acids is 1. The number of hydrogen-bond donors (Lipinski definition) is 1. The number of ether oxygens (including phenoxy) is 1. The highest BCUT2D eigenvalue weighted by Gasteiger charge is 2.11. The number of hydrogen-bond acceptors (Lipinski definition) is 4. The quantitative estimate of drug-likeness (QED) is 0.784. The fraction of sp³-hybridized carbons (Fsp3) is 0.429. The van der Waals surface area contributed by atoms with Crippen LogP contribution in [-0.2, 0) is 11.3 Å². The zero-order chi connectivity index (χ0) is 10.6. The molecule has 0 radical (unpaired) electrons. The highest BCUT2D eigenvalue weighted by atomic mass is 19.3. The lowest BCUT2D eigenvalue weighted by atomic mass is 10.4. The van der Waals surface area contributed by atoms with Gasteiger partial charge in [0.25, 0.3) is 6.43 Å². The average molecular weight is 207 g/mol. The Morgan fingerprint density at radius 2 is 2.43 bits per heavy atom. The van der Waals surface area contributed by atoms with E-state index in [0.717, 1.165) is 6.07 Å². The molecule has 0 atom stereocenters. The SMILES string of the molecule is O=C(O)c1cc(COCC(F)F)on1. The third-order valence-corrected chi connectivity index (χ3v) is 1.27. The van der Waals surface area contributed by atoms with Crippen LogP contribution in [0.4, 0.5) is 8.78 Å². The highest BCUT2D eigenvalue weighted by Crippen LogP contribution is 2.05. The molecule has 0 fully saturated rings. The first-order valence-electron chi connectivity index (χ1n) is 3.64. The van der Waals surface area contributed by atoms with Crippen molar-refractivity contribution >= 4 is 5.97 Å².